The van der Waals surface area contributed by atoms with Crippen LogP contribution in [0.3, 0.4) is 0 Å². The van der Waals surface area contributed by atoms with Crippen LogP contribution in [-0.4, -0.2) is 29.1 Å². The van der Waals surface area contributed by atoms with Crippen LogP contribution in [0.4, 0.5) is 4.39 Å². The summed E-state index contributed by atoms with van der Waals surface area (Å²) in [5, 5.41) is 9.08. The van der Waals surface area contributed by atoms with Gasteiger partial charge in [0.25, 0.3) is 0 Å². The second-order valence-corrected chi connectivity index (χ2v) is 6.30. The molecule has 1 saturated carbocycles. The average Bonchev–Trinajstić information content (AvgIpc) is 3.11. The maximum Gasteiger partial charge on any atom is 0.307 e. The molecule has 1 N–H and O–H groups in total. The Balaban J connectivity index is 1.59. The molecule has 0 bridgehead atoms. The predicted octanol–water partition coefficient (Wildman–Crippen LogP) is 2.82. The molecule has 3 rings (SSSR count). The fourth-order valence-electron chi connectivity index (χ4n) is 3.46. The van der Waals surface area contributed by atoms with E-state index in [4.69, 9.17) is 5.11 Å². The van der Waals surface area contributed by atoms with Crippen molar-refractivity contribution in [2.75, 3.05) is 13.1 Å². The Bertz CT molecular complexity index is 535. The van der Waals surface area contributed by atoms with E-state index in [1.165, 1.54) is 6.07 Å². The number of halogens is 1. The average molecular weight is 277 g/mol. The van der Waals surface area contributed by atoms with Crippen molar-refractivity contribution in [1.82, 2.24) is 4.90 Å². The van der Waals surface area contributed by atoms with Crippen LogP contribution in [0.25, 0.3) is 0 Å². The molecule has 1 aromatic carbocycles. The lowest BCUT2D eigenvalue weighted by Gasteiger charge is -2.32. The van der Waals surface area contributed by atoms with Crippen molar-refractivity contribution in [3.05, 3.63) is 35.1 Å². The smallest absolute Gasteiger partial charge is 0.307 e. The van der Waals surface area contributed by atoms with Crippen LogP contribution in [0.15, 0.2) is 18.2 Å². The van der Waals surface area contributed by atoms with E-state index in [9.17, 15) is 9.18 Å². The summed E-state index contributed by atoms with van der Waals surface area (Å²) >= 11 is 0. The quantitative estimate of drug-likeness (QED) is 0.923. The second kappa shape index (κ2) is 4.85. The molecule has 1 aliphatic carbocycles. The van der Waals surface area contributed by atoms with Crippen LogP contribution in [0.5, 0.6) is 0 Å². The molecule has 0 amide bonds. The van der Waals surface area contributed by atoms with Gasteiger partial charge in [0.1, 0.15) is 5.82 Å². The lowest BCUT2D eigenvalue weighted by Crippen LogP contribution is -2.35. The maximum atomic E-state index is 13.3. The molecule has 0 radical (unpaired) electrons. The highest BCUT2D eigenvalue weighted by Gasteiger charge is 2.58. The fraction of sp³-hybridized carbons (Fsp3) is 0.562. The first-order chi connectivity index (χ1) is 9.50. The van der Waals surface area contributed by atoms with E-state index in [0.29, 0.717) is 0 Å². The SMILES string of the molecule is Cc1ccc(F)cc1CN1CCC2(CC1)C[C@@H]2C(=O)O. The second-order valence-electron chi connectivity index (χ2n) is 6.30. The minimum absolute atomic E-state index is 0.0688. The van der Waals surface area contributed by atoms with Gasteiger partial charge in [-0.1, -0.05) is 6.07 Å². The number of aryl methyl sites for hydroxylation is 1. The standard InChI is InChI=1S/C16H20FNO2/c1-11-2-3-13(17)8-12(11)10-18-6-4-16(5-7-18)9-14(16)15(19)20/h2-3,8,14H,4-7,9-10H2,1H3,(H,19,20)/t14-/m1/s1. The number of rotatable bonds is 3. The van der Waals surface area contributed by atoms with Gasteiger partial charge < -0.3 is 5.11 Å². The van der Waals surface area contributed by atoms with Gasteiger partial charge in [0.05, 0.1) is 5.92 Å². The number of hydrogen-bond donors (Lipinski definition) is 1. The number of aliphatic carboxylic acids is 1. The summed E-state index contributed by atoms with van der Waals surface area (Å²) in [5.41, 5.74) is 2.22. The van der Waals surface area contributed by atoms with E-state index in [1.807, 2.05) is 13.0 Å². The lowest BCUT2D eigenvalue weighted by molar-refractivity contribution is -0.139. The van der Waals surface area contributed by atoms with E-state index < -0.39 is 5.97 Å². The number of hydrogen-bond acceptors (Lipinski definition) is 2. The minimum atomic E-state index is -0.639. The van der Waals surface area contributed by atoms with Crippen molar-refractivity contribution in [1.29, 1.82) is 0 Å². The lowest BCUT2D eigenvalue weighted by atomic mass is 9.90. The van der Waals surface area contributed by atoms with Crippen LogP contribution in [0.1, 0.15) is 30.4 Å². The first kappa shape index (κ1) is 13.6. The first-order valence-corrected chi connectivity index (χ1v) is 7.20. The molecule has 20 heavy (non-hydrogen) atoms. The summed E-state index contributed by atoms with van der Waals surface area (Å²) in [5.74, 6) is -0.952. The van der Waals surface area contributed by atoms with Gasteiger partial charge in [-0.3, -0.25) is 9.69 Å². The third-order valence-electron chi connectivity index (χ3n) is 5.04. The van der Waals surface area contributed by atoms with Crippen molar-refractivity contribution >= 4 is 5.97 Å². The monoisotopic (exact) mass is 277 g/mol. The third-order valence-corrected chi connectivity index (χ3v) is 5.04. The van der Waals surface area contributed by atoms with Crippen LogP contribution < -0.4 is 0 Å². The molecule has 1 aromatic rings. The van der Waals surface area contributed by atoms with E-state index >= 15 is 0 Å². The molecule has 0 aromatic heterocycles. The highest BCUT2D eigenvalue weighted by molar-refractivity contribution is 5.74. The normalized spacial score (nSPS) is 24.8. The Morgan fingerprint density at radius 1 is 1.45 bits per heavy atom. The van der Waals surface area contributed by atoms with Crippen molar-refractivity contribution in [2.45, 2.75) is 32.7 Å². The number of carbonyl (C=O) groups is 1. The zero-order chi connectivity index (χ0) is 14.3. The van der Waals surface area contributed by atoms with Crippen LogP contribution in [0, 0.1) is 24.1 Å². The minimum Gasteiger partial charge on any atom is -0.481 e. The molecule has 1 saturated heterocycles. The molecular weight excluding hydrogens is 257 g/mol. The Labute approximate surface area is 118 Å². The van der Waals surface area contributed by atoms with Gasteiger partial charge in [0.15, 0.2) is 0 Å². The van der Waals surface area contributed by atoms with Crippen LogP contribution >= 0.6 is 0 Å². The molecular formula is C16H20FNO2. The largest absolute Gasteiger partial charge is 0.481 e. The van der Waals surface area contributed by atoms with Gasteiger partial charge in [-0.25, -0.2) is 4.39 Å². The van der Waals surface area contributed by atoms with Gasteiger partial charge in [-0.05, 0) is 68.0 Å². The summed E-state index contributed by atoms with van der Waals surface area (Å²) in [4.78, 5) is 13.3. The number of carboxylic acids is 1. The summed E-state index contributed by atoms with van der Waals surface area (Å²) < 4.78 is 13.3. The molecule has 1 atom stereocenters. The molecule has 1 aliphatic heterocycles. The Kier molecular flexibility index (Phi) is 3.28. The predicted molar refractivity (Wildman–Crippen MR) is 73.8 cm³/mol. The Morgan fingerprint density at radius 2 is 2.15 bits per heavy atom. The molecule has 1 heterocycles. The summed E-state index contributed by atoms with van der Waals surface area (Å²) in [6.45, 7) is 4.60. The highest BCUT2D eigenvalue weighted by Crippen LogP contribution is 2.59. The number of carboxylic acid groups (broad SMARTS) is 1. The highest BCUT2D eigenvalue weighted by atomic mass is 19.1. The van der Waals surface area contributed by atoms with Gasteiger partial charge in [0.2, 0.25) is 0 Å². The molecule has 2 fully saturated rings. The Morgan fingerprint density at radius 3 is 2.75 bits per heavy atom. The van der Waals surface area contributed by atoms with Gasteiger partial charge in [0, 0.05) is 6.54 Å². The van der Waals surface area contributed by atoms with Gasteiger partial charge in [-0.2, -0.15) is 0 Å². The molecule has 3 nitrogen and oxygen atoms in total. The first-order valence-electron chi connectivity index (χ1n) is 7.20. The van der Waals surface area contributed by atoms with E-state index in [0.717, 1.165) is 50.0 Å². The zero-order valence-corrected chi connectivity index (χ0v) is 11.7. The van der Waals surface area contributed by atoms with E-state index in [2.05, 4.69) is 4.90 Å². The maximum absolute atomic E-state index is 13.3. The van der Waals surface area contributed by atoms with Crippen molar-refractivity contribution < 1.29 is 14.3 Å². The van der Waals surface area contributed by atoms with Gasteiger partial charge in [-0.15, -0.1) is 0 Å². The number of benzene rings is 1. The summed E-state index contributed by atoms with van der Waals surface area (Å²) in [7, 11) is 0. The van der Waals surface area contributed by atoms with Crippen molar-refractivity contribution in [3.8, 4) is 0 Å². The number of likely N-dealkylation sites (tertiary alicyclic amines) is 1. The summed E-state index contributed by atoms with van der Waals surface area (Å²) in [6.07, 6.45) is 2.76. The topological polar surface area (TPSA) is 40.5 Å². The van der Waals surface area contributed by atoms with Crippen molar-refractivity contribution in [2.24, 2.45) is 11.3 Å². The zero-order valence-electron chi connectivity index (χ0n) is 11.7. The fourth-order valence-corrected chi connectivity index (χ4v) is 3.46. The summed E-state index contributed by atoms with van der Waals surface area (Å²) in [6, 6.07) is 4.92. The molecule has 108 valence electrons. The van der Waals surface area contributed by atoms with Gasteiger partial charge >= 0.3 is 5.97 Å². The van der Waals surface area contributed by atoms with E-state index in [-0.39, 0.29) is 17.2 Å². The molecule has 1 spiro atoms. The Hall–Kier alpha value is -1.42. The number of nitrogens with zero attached hydrogens (tertiary/aromatic N) is 1. The van der Waals surface area contributed by atoms with E-state index in [1.54, 1.807) is 6.07 Å². The van der Waals surface area contributed by atoms with Crippen molar-refractivity contribution in [3.63, 3.8) is 0 Å². The van der Waals surface area contributed by atoms with Crippen LogP contribution in [-0.2, 0) is 11.3 Å². The molecule has 4 heteroatoms. The van der Waals surface area contributed by atoms with Crippen LogP contribution in [0.2, 0.25) is 0 Å². The molecule has 0 unspecified atom stereocenters. The molecule has 2 aliphatic rings. The number of piperidine rings is 1. The third kappa shape index (κ3) is 2.44.